The number of hydrogen-bond donors (Lipinski definition) is 0. The predicted molar refractivity (Wildman–Crippen MR) is 115 cm³/mol. The van der Waals surface area contributed by atoms with Crippen LogP contribution in [-0.2, 0) is 17.9 Å². The number of amides is 1. The van der Waals surface area contributed by atoms with Gasteiger partial charge in [-0.25, -0.2) is 27.2 Å². The van der Waals surface area contributed by atoms with Crippen LogP contribution in [0.15, 0.2) is 30.3 Å². The van der Waals surface area contributed by atoms with Gasteiger partial charge in [-0.15, -0.1) is 0 Å². The fourth-order valence-corrected chi connectivity index (χ4v) is 4.29. The molecule has 0 unspecified atom stereocenters. The summed E-state index contributed by atoms with van der Waals surface area (Å²) < 4.78 is 54.6. The lowest BCUT2D eigenvalue weighted by Crippen LogP contribution is -2.49. The van der Waals surface area contributed by atoms with Gasteiger partial charge in [0.1, 0.15) is 12.2 Å². The smallest absolute Gasteiger partial charge is 0.280 e. The van der Waals surface area contributed by atoms with E-state index in [0.29, 0.717) is 43.8 Å². The van der Waals surface area contributed by atoms with Crippen molar-refractivity contribution in [3.8, 4) is 0 Å². The molecule has 0 N–H and O–H groups in total. The zero-order chi connectivity index (χ0) is 23.7. The van der Waals surface area contributed by atoms with Crippen molar-refractivity contribution >= 4 is 28.5 Å². The monoisotopic (exact) mass is 483 g/mol. The van der Waals surface area contributed by atoms with E-state index in [1.807, 2.05) is 24.3 Å². The second kappa shape index (κ2) is 9.64. The summed E-state index contributed by atoms with van der Waals surface area (Å²) in [6.07, 6.45) is -5.98. The first-order valence-corrected chi connectivity index (χ1v) is 10.8. The number of rotatable bonds is 6. The molecule has 3 aromatic rings. The van der Waals surface area contributed by atoms with Crippen LogP contribution >= 0.6 is 11.6 Å². The normalized spacial score (nSPS) is 15.2. The van der Waals surface area contributed by atoms with E-state index in [9.17, 15) is 22.4 Å². The molecule has 1 fully saturated rings. The Labute approximate surface area is 192 Å². The minimum Gasteiger partial charge on any atom is -0.339 e. The van der Waals surface area contributed by atoms with E-state index in [0.717, 1.165) is 10.2 Å². The number of nitrogens with zero attached hydrogens (tertiary/aromatic N) is 5. The van der Waals surface area contributed by atoms with Gasteiger partial charge in [0, 0.05) is 43.3 Å². The van der Waals surface area contributed by atoms with Crippen LogP contribution in [0.25, 0.3) is 11.0 Å². The lowest BCUT2D eigenvalue weighted by Gasteiger charge is -2.34. The van der Waals surface area contributed by atoms with Crippen molar-refractivity contribution in [2.75, 3.05) is 26.2 Å². The molecule has 1 saturated heterocycles. The van der Waals surface area contributed by atoms with Crippen LogP contribution in [-0.4, -0.2) is 56.7 Å². The Balaban J connectivity index is 1.47. The molecule has 0 saturated carbocycles. The van der Waals surface area contributed by atoms with Gasteiger partial charge in [0.15, 0.2) is 5.65 Å². The van der Waals surface area contributed by atoms with Crippen LogP contribution in [0, 0.1) is 6.92 Å². The van der Waals surface area contributed by atoms with Crippen molar-refractivity contribution in [3.05, 3.63) is 57.9 Å². The van der Waals surface area contributed by atoms with Gasteiger partial charge in [0.2, 0.25) is 5.91 Å². The van der Waals surface area contributed by atoms with Crippen LogP contribution in [0.2, 0.25) is 5.02 Å². The molecule has 2 aromatic heterocycles. The Bertz CT molecular complexity index is 1160. The summed E-state index contributed by atoms with van der Waals surface area (Å²) in [7, 11) is 0. The fourth-order valence-electron chi connectivity index (χ4n) is 4.08. The molecule has 1 aliphatic heterocycles. The third-order valence-corrected chi connectivity index (χ3v) is 5.93. The number of hydrogen-bond acceptors (Lipinski definition) is 4. The summed E-state index contributed by atoms with van der Waals surface area (Å²) in [5.74, 6) is -0.273. The van der Waals surface area contributed by atoms with Gasteiger partial charge in [-0.3, -0.25) is 9.69 Å². The minimum atomic E-state index is -3.01. The summed E-state index contributed by atoms with van der Waals surface area (Å²) >= 11 is 6.03. The number of piperazine rings is 1. The number of fused-ring (bicyclic) bond motifs is 1. The Morgan fingerprint density at radius 2 is 1.82 bits per heavy atom. The van der Waals surface area contributed by atoms with Crippen molar-refractivity contribution < 1.29 is 22.4 Å². The average molecular weight is 484 g/mol. The summed E-state index contributed by atoms with van der Waals surface area (Å²) in [5.41, 5.74) is -0.153. The highest BCUT2D eigenvalue weighted by molar-refractivity contribution is 6.30. The van der Waals surface area contributed by atoms with Gasteiger partial charge in [-0.05, 0) is 30.7 Å². The Morgan fingerprint density at radius 1 is 1.09 bits per heavy atom. The summed E-state index contributed by atoms with van der Waals surface area (Å²) in [6.45, 7) is 4.21. The second-order valence-electron chi connectivity index (χ2n) is 7.97. The predicted octanol–water partition coefficient (Wildman–Crippen LogP) is 4.61. The molecule has 0 spiro atoms. The number of alkyl halides is 4. The third kappa shape index (κ3) is 5.11. The van der Waals surface area contributed by atoms with E-state index in [-0.39, 0.29) is 29.2 Å². The molecule has 11 heteroatoms. The zero-order valence-electron chi connectivity index (χ0n) is 17.8. The number of aromatic nitrogens is 3. The van der Waals surface area contributed by atoms with E-state index >= 15 is 0 Å². The Hall–Kier alpha value is -2.72. The maximum atomic E-state index is 13.5. The molecule has 33 heavy (non-hydrogen) atoms. The number of pyridine rings is 1. The topological polar surface area (TPSA) is 54.3 Å². The van der Waals surface area contributed by atoms with Crippen molar-refractivity contribution in [3.63, 3.8) is 0 Å². The largest absolute Gasteiger partial charge is 0.339 e. The van der Waals surface area contributed by atoms with E-state index in [1.165, 1.54) is 6.92 Å². The van der Waals surface area contributed by atoms with Crippen molar-refractivity contribution in [2.24, 2.45) is 0 Å². The molecule has 1 amide bonds. The number of benzene rings is 1. The van der Waals surface area contributed by atoms with E-state index < -0.39 is 24.1 Å². The summed E-state index contributed by atoms with van der Waals surface area (Å²) in [5, 5.41) is 4.83. The van der Waals surface area contributed by atoms with Crippen LogP contribution in [0.5, 0.6) is 0 Å². The Morgan fingerprint density at radius 3 is 2.45 bits per heavy atom. The minimum absolute atomic E-state index is 0.00791. The van der Waals surface area contributed by atoms with Crippen LogP contribution in [0.1, 0.15) is 35.4 Å². The van der Waals surface area contributed by atoms with Crippen molar-refractivity contribution in [1.29, 1.82) is 0 Å². The van der Waals surface area contributed by atoms with E-state index in [4.69, 9.17) is 11.6 Å². The first kappa shape index (κ1) is 23.4. The lowest BCUT2D eigenvalue weighted by molar-refractivity contribution is -0.133. The van der Waals surface area contributed by atoms with E-state index in [1.54, 1.807) is 4.90 Å². The first-order valence-electron chi connectivity index (χ1n) is 10.4. The van der Waals surface area contributed by atoms with Gasteiger partial charge >= 0.3 is 0 Å². The van der Waals surface area contributed by atoms with E-state index in [2.05, 4.69) is 15.0 Å². The van der Waals surface area contributed by atoms with Crippen LogP contribution < -0.4 is 0 Å². The molecule has 0 bridgehead atoms. The highest BCUT2D eigenvalue weighted by Gasteiger charge is 2.26. The molecule has 3 heterocycles. The summed E-state index contributed by atoms with van der Waals surface area (Å²) in [4.78, 5) is 20.6. The standard InChI is InChI=1S/C22H22ClF4N5O/c1-13-19-16(20(24)25)10-17(21(26)27)28-22(19)32(29-13)12-18(33)31-7-5-30(6-8-31)11-14-3-2-4-15(23)9-14/h2-4,9-10,20-21H,5-8,11-12H2,1H3. The van der Waals surface area contributed by atoms with Crippen molar-refractivity contribution in [1.82, 2.24) is 24.6 Å². The number of halogens is 5. The highest BCUT2D eigenvalue weighted by Crippen LogP contribution is 2.32. The van der Waals surface area contributed by atoms with Crippen LogP contribution in [0.4, 0.5) is 17.6 Å². The molecule has 0 aliphatic carbocycles. The molecule has 4 rings (SSSR count). The van der Waals surface area contributed by atoms with Gasteiger partial charge in [-0.1, -0.05) is 23.7 Å². The number of carbonyl (C=O) groups excluding carboxylic acids is 1. The molecule has 0 atom stereocenters. The average Bonchev–Trinajstić information content (AvgIpc) is 3.08. The summed E-state index contributed by atoms with van der Waals surface area (Å²) in [6, 6.07) is 8.30. The van der Waals surface area contributed by atoms with Gasteiger partial charge in [0.25, 0.3) is 12.9 Å². The van der Waals surface area contributed by atoms with Gasteiger partial charge < -0.3 is 4.90 Å². The number of carbonyl (C=O) groups is 1. The second-order valence-corrected chi connectivity index (χ2v) is 8.40. The molecule has 176 valence electrons. The molecule has 1 aliphatic rings. The lowest BCUT2D eigenvalue weighted by atomic mass is 10.1. The molecule has 0 radical (unpaired) electrons. The number of aryl methyl sites for hydroxylation is 1. The third-order valence-electron chi connectivity index (χ3n) is 5.69. The Kier molecular flexibility index (Phi) is 6.85. The van der Waals surface area contributed by atoms with Crippen LogP contribution in [0.3, 0.4) is 0 Å². The molecule has 1 aromatic carbocycles. The maximum Gasteiger partial charge on any atom is 0.280 e. The first-order chi connectivity index (χ1) is 15.7. The molecular weight excluding hydrogens is 462 g/mol. The maximum absolute atomic E-state index is 13.5. The zero-order valence-corrected chi connectivity index (χ0v) is 18.6. The SMILES string of the molecule is Cc1nn(CC(=O)N2CCN(Cc3cccc(Cl)c3)CC2)c2nc(C(F)F)cc(C(F)F)c12. The van der Waals surface area contributed by atoms with Gasteiger partial charge in [-0.2, -0.15) is 5.10 Å². The molecule has 6 nitrogen and oxygen atoms in total. The highest BCUT2D eigenvalue weighted by atomic mass is 35.5. The van der Waals surface area contributed by atoms with Crippen molar-refractivity contribution in [2.45, 2.75) is 32.9 Å². The quantitative estimate of drug-likeness (QED) is 0.480. The molecular formula is C22H22ClF4N5O. The fraction of sp³-hybridized carbons (Fsp3) is 0.409. The van der Waals surface area contributed by atoms with Gasteiger partial charge in [0.05, 0.1) is 11.1 Å².